The van der Waals surface area contributed by atoms with E-state index in [0.29, 0.717) is 19.4 Å². The quantitative estimate of drug-likeness (QED) is 0.703. The van der Waals surface area contributed by atoms with Gasteiger partial charge < -0.3 is 10.6 Å². The molecule has 5 nitrogen and oxygen atoms in total. The number of nitrogens with two attached hydrogens (primary N) is 1. The molecule has 0 bridgehead atoms. The minimum Gasteiger partial charge on any atom is -0.341 e. The topological polar surface area (TPSA) is 80.5 Å². The molecule has 2 aliphatic heterocycles. The molecule has 6 heteroatoms. The van der Waals surface area contributed by atoms with E-state index in [1.807, 2.05) is 0 Å². The van der Waals surface area contributed by atoms with Gasteiger partial charge in [0.15, 0.2) is 9.84 Å². The summed E-state index contributed by atoms with van der Waals surface area (Å²) in [6.45, 7) is 1.35. The van der Waals surface area contributed by atoms with Gasteiger partial charge in [0.25, 0.3) is 0 Å². The first kappa shape index (κ1) is 11.9. The predicted molar refractivity (Wildman–Crippen MR) is 60.6 cm³/mol. The molecule has 0 aromatic rings. The summed E-state index contributed by atoms with van der Waals surface area (Å²) in [6.07, 6.45) is 1.86. The van der Waals surface area contributed by atoms with Crippen LogP contribution in [0.5, 0.6) is 0 Å². The fourth-order valence-corrected chi connectivity index (χ4v) is 4.28. The van der Waals surface area contributed by atoms with E-state index in [1.165, 1.54) is 0 Å². The number of sulfone groups is 1. The fraction of sp³-hybridized carbons (Fsp3) is 0.900. The Balaban J connectivity index is 1.84. The highest BCUT2D eigenvalue weighted by molar-refractivity contribution is 7.91. The van der Waals surface area contributed by atoms with Crippen LogP contribution in [-0.2, 0) is 14.6 Å². The summed E-state index contributed by atoms with van der Waals surface area (Å²) >= 11 is 0. The van der Waals surface area contributed by atoms with Gasteiger partial charge in [0.1, 0.15) is 0 Å². The van der Waals surface area contributed by atoms with Crippen LogP contribution >= 0.6 is 0 Å². The summed E-state index contributed by atoms with van der Waals surface area (Å²) in [5.41, 5.74) is 5.72. The largest absolute Gasteiger partial charge is 0.341 e. The second-order valence-electron chi connectivity index (χ2n) is 4.86. The number of nitrogens with zero attached hydrogens (tertiary/aromatic N) is 1. The van der Waals surface area contributed by atoms with Crippen molar-refractivity contribution in [3.8, 4) is 0 Å². The van der Waals surface area contributed by atoms with Crippen molar-refractivity contribution in [1.82, 2.24) is 4.90 Å². The Kier molecular flexibility index (Phi) is 3.21. The van der Waals surface area contributed by atoms with Gasteiger partial charge in [-0.1, -0.05) is 0 Å². The van der Waals surface area contributed by atoms with E-state index in [1.54, 1.807) is 4.90 Å². The van der Waals surface area contributed by atoms with Crippen molar-refractivity contribution in [3.63, 3.8) is 0 Å². The van der Waals surface area contributed by atoms with E-state index < -0.39 is 9.84 Å². The average Bonchev–Trinajstić information content (AvgIpc) is 2.73. The van der Waals surface area contributed by atoms with Gasteiger partial charge >= 0.3 is 0 Å². The summed E-state index contributed by atoms with van der Waals surface area (Å²) < 4.78 is 22.5. The Hall–Kier alpha value is -0.620. The van der Waals surface area contributed by atoms with Crippen molar-refractivity contribution >= 4 is 15.7 Å². The maximum absolute atomic E-state index is 11.8. The van der Waals surface area contributed by atoms with Crippen LogP contribution in [0.25, 0.3) is 0 Å². The molecule has 92 valence electrons. The van der Waals surface area contributed by atoms with E-state index in [-0.39, 0.29) is 29.4 Å². The van der Waals surface area contributed by atoms with Crippen LogP contribution in [0.1, 0.15) is 19.3 Å². The lowest BCUT2D eigenvalue weighted by molar-refractivity contribution is -0.131. The van der Waals surface area contributed by atoms with Crippen molar-refractivity contribution in [2.24, 2.45) is 11.7 Å². The van der Waals surface area contributed by atoms with Crippen molar-refractivity contribution in [1.29, 1.82) is 0 Å². The smallest absolute Gasteiger partial charge is 0.222 e. The summed E-state index contributed by atoms with van der Waals surface area (Å²) in [5, 5.41) is 0. The third kappa shape index (κ3) is 2.74. The zero-order valence-electron chi connectivity index (χ0n) is 9.26. The third-order valence-corrected chi connectivity index (χ3v) is 5.20. The highest BCUT2D eigenvalue weighted by Gasteiger charge is 2.32. The minimum absolute atomic E-state index is 0.0225. The number of carbonyl (C=O) groups is 1. The van der Waals surface area contributed by atoms with Gasteiger partial charge in [0.2, 0.25) is 5.91 Å². The Morgan fingerprint density at radius 1 is 1.38 bits per heavy atom. The van der Waals surface area contributed by atoms with E-state index in [0.717, 1.165) is 13.0 Å². The first-order valence-electron chi connectivity index (χ1n) is 5.70. The molecule has 0 aromatic heterocycles. The average molecular weight is 246 g/mol. The Labute approximate surface area is 95.9 Å². The molecular weight excluding hydrogens is 228 g/mol. The predicted octanol–water partition coefficient (Wildman–Crippen LogP) is -0.629. The van der Waals surface area contributed by atoms with Gasteiger partial charge in [0, 0.05) is 25.6 Å². The van der Waals surface area contributed by atoms with Gasteiger partial charge in [-0.3, -0.25) is 4.79 Å². The molecular formula is C10H18N2O3S. The summed E-state index contributed by atoms with van der Waals surface area (Å²) in [6, 6.07) is 0.0938. The first-order valence-corrected chi connectivity index (χ1v) is 7.52. The molecule has 2 heterocycles. The van der Waals surface area contributed by atoms with Gasteiger partial charge in [-0.25, -0.2) is 8.42 Å². The highest BCUT2D eigenvalue weighted by Crippen LogP contribution is 2.23. The van der Waals surface area contributed by atoms with E-state index in [2.05, 4.69) is 0 Å². The fourth-order valence-electron chi connectivity index (χ4n) is 2.42. The summed E-state index contributed by atoms with van der Waals surface area (Å²) in [4.78, 5) is 13.6. The Bertz CT molecular complexity index is 380. The van der Waals surface area contributed by atoms with Crippen LogP contribution in [-0.4, -0.2) is 49.9 Å². The number of likely N-dealkylation sites (tertiary alicyclic amines) is 1. The molecule has 1 unspecified atom stereocenters. The van der Waals surface area contributed by atoms with Crippen molar-refractivity contribution in [3.05, 3.63) is 0 Å². The number of rotatable bonds is 2. The SMILES string of the molecule is N[C@H]1CCN(C(=O)CC2CCS(=O)(=O)C2)C1. The Morgan fingerprint density at radius 2 is 2.12 bits per heavy atom. The van der Waals surface area contributed by atoms with Crippen LogP contribution in [0.15, 0.2) is 0 Å². The molecule has 0 aliphatic carbocycles. The number of hydrogen-bond acceptors (Lipinski definition) is 4. The maximum Gasteiger partial charge on any atom is 0.222 e. The molecule has 2 fully saturated rings. The van der Waals surface area contributed by atoms with Crippen LogP contribution in [0, 0.1) is 5.92 Å². The van der Waals surface area contributed by atoms with Gasteiger partial charge in [-0.05, 0) is 18.8 Å². The molecule has 2 rings (SSSR count). The molecule has 2 aliphatic rings. The van der Waals surface area contributed by atoms with Crippen LogP contribution in [0.4, 0.5) is 0 Å². The van der Waals surface area contributed by atoms with Crippen LogP contribution in [0.3, 0.4) is 0 Å². The first-order chi connectivity index (χ1) is 7.46. The lowest BCUT2D eigenvalue weighted by atomic mass is 10.0. The molecule has 2 saturated heterocycles. The van der Waals surface area contributed by atoms with Crippen molar-refractivity contribution < 1.29 is 13.2 Å². The molecule has 2 atom stereocenters. The van der Waals surface area contributed by atoms with Crippen molar-refractivity contribution in [2.75, 3.05) is 24.6 Å². The van der Waals surface area contributed by atoms with Crippen molar-refractivity contribution in [2.45, 2.75) is 25.3 Å². The third-order valence-electron chi connectivity index (χ3n) is 3.37. The lowest BCUT2D eigenvalue weighted by Crippen LogP contribution is -2.33. The second-order valence-corrected chi connectivity index (χ2v) is 7.09. The minimum atomic E-state index is -2.87. The summed E-state index contributed by atoms with van der Waals surface area (Å²) in [7, 11) is -2.87. The number of hydrogen-bond donors (Lipinski definition) is 1. The second kappa shape index (κ2) is 4.33. The zero-order valence-corrected chi connectivity index (χ0v) is 10.1. The maximum atomic E-state index is 11.8. The Morgan fingerprint density at radius 3 is 2.62 bits per heavy atom. The van der Waals surface area contributed by atoms with Crippen LogP contribution in [0.2, 0.25) is 0 Å². The monoisotopic (exact) mass is 246 g/mol. The van der Waals surface area contributed by atoms with E-state index in [9.17, 15) is 13.2 Å². The number of amides is 1. The highest BCUT2D eigenvalue weighted by atomic mass is 32.2. The molecule has 0 saturated carbocycles. The molecule has 0 aromatic carbocycles. The molecule has 0 radical (unpaired) electrons. The standard InChI is InChI=1S/C10H18N2O3S/c11-9-1-3-12(6-9)10(13)5-8-2-4-16(14,15)7-8/h8-9H,1-7,11H2/t8?,9-/m0/s1. The van der Waals surface area contributed by atoms with Crippen LogP contribution < -0.4 is 5.73 Å². The van der Waals surface area contributed by atoms with Gasteiger partial charge in [-0.15, -0.1) is 0 Å². The van der Waals surface area contributed by atoms with E-state index >= 15 is 0 Å². The molecule has 2 N–H and O–H groups in total. The van der Waals surface area contributed by atoms with Gasteiger partial charge in [-0.2, -0.15) is 0 Å². The van der Waals surface area contributed by atoms with Gasteiger partial charge in [0.05, 0.1) is 11.5 Å². The molecule has 0 spiro atoms. The molecule has 1 amide bonds. The zero-order chi connectivity index (χ0) is 11.8. The van der Waals surface area contributed by atoms with E-state index in [4.69, 9.17) is 5.73 Å². The lowest BCUT2D eigenvalue weighted by Gasteiger charge is -2.17. The summed E-state index contributed by atoms with van der Waals surface area (Å²) in [5.74, 6) is 0.507. The normalized spacial score (nSPS) is 33.2. The number of carbonyl (C=O) groups excluding carboxylic acids is 1. The molecule has 16 heavy (non-hydrogen) atoms.